The maximum Gasteiger partial charge on any atom is 0.431 e. The van der Waals surface area contributed by atoms with Gasteiger partial charge in [-0.2, -0.15) is 30.7 Å². The summed E-state index contributed by atoms with van der Waals surface area (Å²) in [5, 5.41) is 0.434. The van der Waals surface area contributed by atoms with Gasteiger partial charge in [-0.25, -0.2) is 9.36 Å². The van der Waals surface area contributed by atoms with Gasteiger partial charge in [0.2, 0.25) is 0 Å². The average Bonchev–Trinajstić information content (AvgIpc) is 3.16. The minimum absolute atomic E-state index is 0.00680. The highest BCUT2D eigenvalue weighted by atomic mass is 32.1. The predicted octanol–water partition coefficient (Wildman–Crippen LogP) is 4.76. The van der Waals surface area contributed by atoms with E-state index >= 15 is 0 Å². The normalized spacial score (nSPS) is 12.3. The van der Waals surface area contributed by atoms with E-state index in [9.17, 15) is 35.9 Å². The summed E-state index contributed by atoms with van der Waals surface area (Å²) in [4.78, 5) is 24.9. The molecule has 4 rings (SSSR count). The lowest BCUT2D eigenvalue weighted by Crippen LogP contribution is -2.40. The third-order valence-corrected chi connectivity index (χ3v) is 5.80. The Kier molecular flexibility index (Phi) is 5.75. The Balaban J connectivity index is 1.70. The quantitative estimate of drug-likeness (QED) is 0.378. The summed E-state index contributed by atoms with van der Waals surface area (Å²) >= 11 is 1.05. The molecule has 0 spiro atoms. The molecule has 0 N–H and O–H groups in total. The van der Waals surface area contributed by atoms with Gasteiger partial charge in [0.15, 0.2) is 0 Å². The number of alkyl halides is 6. The standard InChI is InChI=1S/C21H13F6N3O3S/c1-29-17(21(25,26)27)9-18(31)30(19(29)32)12-5-6-16-14(8-12)15(28-34-16)10-33-13-4-2-3-11(7-13)20(22,23)24/h2-9H,10H2,1H3. The van der Waals surface area contributed by atoms with E-state index in [1.807, 2.05) is 0 Å². The Morgan fingerprint density at radius 2 is 1.71 bits per heavy atom. The number of nitrogens with zero attached hydrogens (tertiary/aromatic N) is 3. The van der Waals surface area contributed by atoms with Gasteiger partial charge in [-0.1, -0.05) is 6.07 Å². The number of aromatic nitrogens is 3. The largest absolute Gasteiger partial charge is 0.487 e. The van der Waals surface area contributed by atoms with Gasteiger partial charge < -0.3 is 4.74 Å². The third kappa shape index (κ3) is 4.42. The highest BCUT2D eigenvalue weighted by molar-refractivity contribution is 7.13. The second-order valence-electron chi connectivity index (χ2n) is 7.17. The number of hydrogen-bond acceptors (Lipinski definition) is 5. The smallest absolute Gasteiger partial charge is 0.431 e. The second kappa shape index (κ2) is 8.31. The Bertz CT molecular complexity index is 1500. The van der Waals surface area contributed by atoms with Crippen LogP contribution in [-0.2, 0) is 26.0 Å². The molecule has 2 aromatic carbocycles. The van der Waals surface area contributed by atoms with Gasteiger partial charge >= 0.3 is 18.0 Å². The fourth-order valence-electron chi connectivity index (χ4n) is 3.27. The number of rotatable bonds is 4. The van der Waals surface area contributed by atoms with Crippen LogP contribution in [0.3, 0.4) is 0 Å². The number of ether oxygens (including phenoxy) is 1. The van der Waals surface area contributed by atoms with Gasteiger partial charge in [0.1, 0.15) is 18.1 Å². The van der Waals surface area contributed by atoms with E-state index in [4.69, 9.17) is 4.74 Å². The van der Waals surface area contributed by atoms with Crippen LogP contribution in [0.1, 0.15) is 17.0 Å². The first-order chi connectivity index (χ1) is 15.9. The van der Waals surface area contributed by atoms with Crippen molar-refractivity contribution in [3.05, 3.63) is 86.3 Å². The SMILES string of the molecule is Cn1c(C(F)(F)F)cc(=O)n(-c2ccc3snc(COc4cccc(C(F)(F)F)c4)c3c2)c1=O. The molecule has 4 aromatic rings. The van der Waals surface area contributed by atoms with E-state index in [0.29, 0.717) is 31.0 Å². The van der Waals surface area contributed by atoms with Crippen molar-refractivity contribution in [2.24, 2.45) is 7.05 Å². The van der Waals surface area contributed by atoms with Gasteiger partial charge in [-0.3, -0.25) is 9.36 Å². The Labute approximate surface area is 190 Å². The molecule has 0 aliphatic heterocycles. The molecule has 13 heteroatoms. The zero-order valence-electron chi connectivity index (χ0n) is 17.1. The molecular weight excluding hydrogens is 488 g/mol. The minimum atomic E-state index is -4.89. The molecule has 0 saturated carbocycles. The molecule has 0 amide bonds. The van der Waals surface area contributed by atoms with Crippen LogP contribution in [-0.4, -0.2) is 13.5 Å². The lowest BCUT2D eigenvalue weighted by atomic mass is 10.2. The van der Waals surface area contributed by atoms with E-state index in [1.165, 1.54) is 30.3 Å². The summed E-state index contributed by atoms with van der Waals surface area (Å²) in [6.07, 6.45) is -9.43. The van der Waals surface area contributed by atoms with Crippen molar-refractivity contribution < 1.29 is 31.1 Å². The molecule has 0 fully saturated rings. The minimum Gasteiger partial charge on any atom is -0.487 e. The van der Waals surface area contributed by atoms with Gasteiger partial charge in [0.05, 0.1) is 21.6 Å². The van der Waals surface area contributed by atoms with Crippen LogP contribution in [0.25, 0.3) is 15.8 Å². The van der Waals surface area contributed by atoms with Crippen LogP contribution < -0.4 is 16.0 Å². The van der Waals surface area contributed by atoms with E-state index in [-0.39, 0.29) is 18.0 Å². The summed E-state index contributed by atoms with van der Waals surface area (Å²) < 4.78 is 89.1. The average molecular weight is 501 g/mol. The zero-order chi connectivity index (χ0) is 24.8. The van der Waals surface area contributed by atoms with Crippen molar-refractivity contribution in [3.63, 3.8) is 0 Å². The fourth-order valence-corrected chi connectivity index (χ4v) is 4.03. The molecule has 0 bridgehead atoms. The molecule has 0 radical (unpaired) electrons. The fraction of sp³-hybridized carbons (Fsp3) is 0.190. The molecule has 0 aliphatic carbocycles. The molecule has 0 atom stereocenters. The third-order valence-electron chi connectivity index (χ3n) is 4.93. The summed E-state index contributed by atoms with van der Waals surface area (Å²) in [5.74, 6) is -0.0417. The Hall–Kier alpha value is -3.61. The second-order valence-corrected chi connectivity index (χ2v) is 7.97. The molecular formula is C21H13F6N3O3S. The van der Waals surface area contributed by atoms with Crippen LogP contribution >= 0.6 is 11.5 Å². The van der Waals surface area contributed by atoms with E-state index in [0.717, 1.165) is 30.7 Å². The maximum atomic E-state index is 13.1. The summed E-state index contributed by atoms with van der Waals surface area (Å²) in [6, 6.07) is 8.91. The summed E-state index contributed by atoms with van der Waals surface area (Å²) in [6.45, 7) is -0.218. The molecule has 2 heterocycles. The molecule has 2 aromatic heterocycles. The number of halogens is 6. The van der Waals surface area contributed by atoms with Crippen LogP contribution in [0.5, 0.6) is 5.75 Å². The van der Waals surface area contributed by atoms with Gasteiger partial charge in [-0.15, -0.1) is 0 Å². The highest BCUT2D eigenvalue weighted by Gasteiger charge is 2.35. The van der Waals surface area contributed by atoms with Crippen molar-refractivity contribution >= 4 is 21.6 Å². The van der Waals surface area contributed by atoms with Crippen molar-refractivity contribution in [1.29, 1.82) is 0 Å². The van der Waals surface area contributed by atoms with E-state index in [2.05, 4.69) is 4.37 Å². The van der Waals surface area contributed by atoms with Crippen LogP contribution in [0.4, 0.5) is 26.3 Å². The summed E-state index contributed by atoms with van der Waals surface area (Å²) in [7, 11) is 0.903. The van der Waals surface area contributed by atoms with E-state index in [1.54, 1.807) is 0 Å². The van der Waals surface area contributed by atoms with Crippen LogP contribution in [0.15, 0.2) is 58.1 Å². The maximum absolute atomic E-state index is 13.1. The molecule has 34 heavy (non-hydrogen) atoms. The van der Waals surface area contributed by atoms with Crippen molar-refractivity contribution in [1.82, 2.24) is 13.5 Å². The van der Waals surface area contributed by atoms with Crippen LogP contribution in [0, 0.1) is 0 Å². The first-order valence-electron chi connectivity index (χ1n) is 9.45. The number of benzene rings is 2. The first kappa shape index (κ1) is 23.5. The topological polar surface area (TPSA) is 66.1 Å². The summed E-state index contributed by atoms with van der Waals surface area (Å²) in [5.41, 5.74) is -4.30. The van der Waals surface area contributed by atoms with Crippen molar-refractivity contribution in [3.8, 4) is 11.4 Å². The van der Waals surface area contributed by atoms with Crippen molar-refractivity contribution in [2.75, 3.05) is 0 Å². The van der Waals surface area contributed by atoms with Crippen molar-refractivity contribution in [2.45, 2.75) is 19.0 Å². The number of hydrogen-bond donors (Lipinski definition) is 0. The lowest BCUT2D eigenvalue weighted by molar-refractivity contribution is -0.144. The molecule has 0 aliphatic rings. The Morgan fingerprint density at radius 3 is 2.38 bits per heavy atom. The first-order valence-corrected chi connectivity index (χ1v) is 10.2. The number of fused-ring (bicyclic) bond motifs is 1. The molecule has 6 nitrogen and oxygen atoms in total. The van der Waals surface area contributed by atoms with Gasteiger partial charge in [0, 0.05) is 18.5 Å². The molecule has 178 valence electrons. The van der Waals surface area contributed by atoms with Crippen LogP contribution in [0.2, 0.25) is 0 Å². The van der Waals surface area contributed by atoms with Gasteiger partial charge in [0.25, 0.3) is 5.56 Å². The lowest BCUT2D eigenvalue weighted by Gasteiger charge is -2.14. The van der Waals surface area contributed by atoms with E-state index < -0.39 is 34.9 Å². The monoisotopic (exact) mass is 501 g/mol. The Morgan fingerprint density at radius 1 is 0.971 bits per heavy atom. The van der Waals surface area contributed by atoms with Gasteiger partial charge in [-0.05, 0) is 47.9 Å². The highest BCUT2D eigenvalue weighted by Crippen LogP contribution is 2.32. The molecule has 0 saturated heterocycles. The zero-order valence-corrected chi connectivity index (χ0v) is 17.9. The predicted molar refractivity (Wildman–Crippen MR) is 111 cm³/mol. The molecule has 0 unspecified atom stereocenters.